The summed E-state index contributed by atoms with van der Waals surface area (Å²) in [5.74, 6) is -0.446. The molecule has 25 heavy (non-hydrogen) atoms. The van der Waals surface area contributed by atoms with Gasteiger partial charge in [-0.25, -0.2) is 0 Å². The maximum Gasteiger partial charge on any atom is 0.522 e. The molecular formula is C17H14ClF3O4. The molecule has 1 N–H and O–H groups in total. The lowest BCUT2D eigenvalue weighted by Gasteiger charge is -2.13. The van der Waals surface area contributed by atoms with E-state index < -0.39 is 24.9 Å². The predicted octanol–water partition coefficient (Wildman–Crippen LogP) is 4.17. The lowest BCUT2D eigenvalue weighted by atomic mass is 10.00. The van der Waals surface area contributed by atoms with E-state index >= 15 is 0 Å². The Morgan fingerprint density at radius 2 is 1.80 bits per heavy atom. The zero-order valence-corrected chi connectivity index (χ0v) is 13.6. The summed E-state index contributed by atoms with van der Waals surface area (Å²) in [5, 5.41) is 10.1. The fourth-order valence-corrected chi connectivity index (χ4v) is 2.26. The van der Waals surface area contributed by atoms with Gasteiger partial charge in [0.2, 0.25) is 0 Å². The molecule has 0 saturated carbocycles. The van der Waals surface area contributed by atoms with Crippen LogP contribution in [0.4, 0.5) is 13.2 Å². The third-order valence-electron chi connectivity index (χ3n) is 3.19. The summed E-state index contributed by atoms with van der Waals surface area (Å²) in [6.45, 7) is -1.05. The summed E-state index contributed by atoms with van der Waals surface area (Å²) < 4.78 is 44.2. The number of Topliss-reactive ketones (excluding diaryl/α,β-unsaturated/α-hetero) is 1. The lowest BCUT2D eigenvalue weighted by Crippen LogP contribution is -2.18. The minimum absolute atomic E-state index is 0.0399. The second kappa shape index (κ2) is 8.33. The standard InChI is InChI=1S/C17H14ClF3O4/c18-13-10-12(16(23)15(22)11-4-2-1-3-5-11)6-7-14(13)24-8-9-25-17(19,20)21/h1-7,10,15,22H,8-9H2. The van der Waals surface area contributed by atoms with Crippen LogP contribution in [0.5, 0.6) is 5.75 Å². The third kappa shape index (κ3) is 5.74. The number of aliphatic hydroxyl groups excluding tert-OH is 1. The van der Waals surface area contributed by atoms with Gasteiger partial charge in [-0.05, 0) is 23.8 Å². The minimum atomic E-state index is -4.73. The van der Waals surface area contributed by atoms with E-state index in [0.29, 0.717) is 5.56 Å². The van der Waals surface area contributed by atoms with Gasteiger partial charge in [-0.2, -0.15) is 0 Å². The number of ether oxygens (including phenoxy) is 2. The van der Waals surface area contributed by atoms with Gasteiger partial charge in [0.15, 0.2) is 5.78 Å². The van der Waals surface area contributed by atoms with E-state index in [-0.39, 0.29) is 22.9 Å². The molecule has 0 fully saturated rings. The highest BCUT2D eigenvalue weighted by Crippen LogP contribution is 2.28. The average molecular weight is 375 g/mol. The molecule has 2 rings (SSSR count). The summed E-state index contributed by atoms with van der Waals surface area (Å²) >= 11 is 5.97. The maximum atomic E-state index is 12.3. The molecule has 0 radical (unpaired) electrons. The molecule has 0 amide bonds. The van der Waals surface area contributed by atoms with Crippen molar-refractivity contribution in [2.24, 2.45) is 0 Å². The van der Waals surface area contributed by atoms with Crippen LogP contribution in [0.2, 0.25) is 5.02 Å². The van der Waals surface area contributed by atoms with Crippen LogP contribution < -0.4 is 4.74 Å². The van der Waals surface area contributed by atoms with Gasteiger partial charge in [-0.1, -0.05) is 41.9 Å². The Morgan fingerprint density at radius 1 is 1.12 bits per heavy atom. The van der Waals surface area contributed by atoms with Crippen molar-refractivity contribution >= 4 is 17.4 Å². The number of alkyl halides is 3. The van der Waals surface area contributed by atoms with Crippen LogP contribution in [0.15, 0.2) is 48.5 Å². The van der Waals surface area contributed by atoms with Crippen LogP contribution in [-0.2, 0) is 4.74 Å². The molecule has 2 aromatic carbocycles. The van der Waals surface area contributed by atoms with E-state index in [0.717, 1.165) is 0 Å². The number of carbonyl (C=O) groups is 1. The molecule has 1 atom stereocenters. The number of aliphatic hydroxyl groups is 1. The van der Waals surface area contributed by atoms with Crippen molar-refractivity contribution in [2.75, 3.05) is 13.2 Å². The van der Waals surface area contributed by atoms with Crippen LogP contribution in [0.25, 0.3) is 0 Å². The molecule has 0 saturated heterocycles. The molecule has 0 aliphatic rings. The average Bonchev–Trinajstić information content (AvgIpc) is 2.58. The number of carbonyl (C=O) groups excluding carboxylic acids is 1. The Bertz CT molecular complexity index is 720. The number of rotatable bonds is 7. The van der Waals surface area contributed by atoms with Gasteiger partial charge in [0, 0.05) is 5.56 Å². The molecule has 0 aliphatic carbocycles. The monoisotopic (exact) mass is 374 g/mol. The molecule has 0 bridgehead atoms. The number of hydrogen-bond donors (Lipinski definition) is 1. The molecule has 0 aromatic heterocycles. The Labute approximate surface area is 146 Å². The van der Waals surface area contributed by atoms with E-state index in [4.69, 9.17) is 16.3 Å². The molecule has 134 valence electrons. The first-order chi connectivity index (χ1) is 11.8. The highest BCUT2D eigenvalue weighted by atomic mass is 35.5. The Kier molecular flexibility index (Phi) is 6.41. The molecule has 1 unspecified atom stereocenters. The topological polar surface area (TPSA) is 55.8 Å². The molecule has 0 heterocycles. The van der Waals surface area contributed by atoms with E-state index in [1.807, 2.05) is 0 Å². The quantitative estimate of drug-likeness (QED) is 0.583. The second-order valence-corrected chi connectivity index (χ2v) is 5.37. The van der Waals surface area contributed by atoms with Crippen molar-refractivity contribution in [2.45, 2.75) is 12.5 Å². The lowest BCUT2D eigenvalue weighted by molar-refractivity contribution is -0.325. The van der Waals surface area contributed by atoms with Crippen molar-refractivity contribution < 1.29 is 32.5 Å². The van der Waals surface area contributed by atoms with Crippen molar-refractivity contribution in [3.8, 4) is 5.75 Å². The number of halogens is 4. The van der Waals surface area contributed by atoms with Gasteiger partial charge in [0.25, 0.3) is 0 Å². The van der Waals surface area contributed by atoms with Crippen LogP contribution in [0.1, 0.15) is 22.0 Å². The van der Waals surface area contributed by atoms with E-state index in [2.05, 4.69) is 4.74 Å². The number of benzene rings is 2. The molecule has 0 spiro atoms. The van der Waals surface area contributed by atoms with E-state index in [9.17, 15) is 23.1 Å². The minimum Gasteiger partial charge on any atom is -0.490 e. The molecular weight excluding hydrogens is 361 g/mol. The predicted molar refractivity (Wildman–Crippen MR) is 84.7 cm³/mol. The maximum absolute atomic E-state index is 12.3. The number of ketones is 1. The van der Waals surface area contributed by atoms with E-state index in [1.54, 1.807) is 30.3 Å². The smallest absolute Gasteiger partial charge is 0.490 e. The Hall–Kier alpha value is -2.09. The van der Waals surface area contributed by atoms with Gasteiger partial charge in [0.05, 0.1) is 11.6 Å². The molecule has 0 aliphatic heterocycles. The Balaban J connectivity index is 2.00. The fraction of sp³-hybridized carbons (Fsp3) is 0.235. The SMILES string of the molecule is O=C(c1ccc(OCCOC(F)(F)F)c(Cl)c1)C(O)c1ccccc1. The molecule has 2 aromatic rings. The highest BCUT2D eigenvalue weighted by molar-refractivity contribution is 6.32. The van der Waals surface area contributed by atoms with Crippen molar-refractivity contribution in [1.29, 1.82) is 0 Å². The van der Waals surface area contributed by atoms with Crippen molar-refractivity contribution in [3.05, 3.63) is 64.7 Å². The largest absolute Gasteiger partial charge is 0.522 e. The summed E-state index contributed by atoms with van der Waals surface area (Å²) in [5.41, 5.74) is 0.591. The summed E-state index contributed by atoms with van der Waals surface area (Å²) in [7, 11) is 0. The van der Waals surface area contributed by atoms with Gasteiger partial charge in [-0.3, -0.25) is 9.53 Å². The summed E-state index contributed by atoms with van der Waals surface area (Å²) in [6.07, 6.45) is -6.07. The van der Waals surface area contributed by atoms with Gasteiger partial charge < -0.3 is 9.84 Å². The van der Waals surface area contributed by atoms with Crippen LogP contribution in [0, 0.1) is 0 Å². The van der Waals surface area contributed by atoms with Crippen LogP contribution in [-0.4, -0.2) is 30.5 Å². The zero-order chi connectivity index (χ0) is 18.4. The highest BCUT2D eigenvalue weighted by Gasteiger charge is 2.28. The van der Waals surface area contributed by atoms with Crippen LogP contribution >= 0.6 is 11.6 Å². The summed E-state index contributed by atoms with van der Waals surface area (Å²) in [6, 6.07) is 12.4. The fourth-order valence-electron chi connectivity index (χ4n) is 2.02. The van der Waals surface area contributed by atoms with Gasteiger partial charge in [0.1, 0.15) is 18.5 Å². The van der Waals surface area contributed by atoms with Crippen molar-refractivity contribution in [1.82, 2.24) is 0 Å². The first-order valence-electron chi connectivity index (χ1n) is 7.18. The summed E-state index contributed by atoms with van der Waals surface area (Å²) in [4.78, 5) is 12.3. The first kappa shape index (κ1) is 19.2. The number of hydrogen-bond acceptors (Lipinski definition) is 4. The van der Waals surface area contributed by atoms with Crippen molar-refractivity contribution in [3.63, 3.8) is 0 Å². The van der Waals surface area contributed by atoms with Gasteiger partial charge in [-0.15, -0.1) is 13.2 Å². The zero-order valence-electron chi connectivity index (χ0n) is 12.8. The second-order valence-electron chi connectivity index (χ2n) is 4.97. The Morgan fingerprint density at radius 3 is 2.40 bits per heavy atom. The van der Waals surface area contributed by atoms with Crippen LogP contribution in [0.3, 0.4) is 0 Å². The molecule has 8 heteroatoms. The molecule has 4 nitrogen and oxygen atoms in total. The van der Waals surface area contributed by atoms with E-state index in [1.165, 1.54) is 18.2 Å². The first-order valence-corrected chi connectivity index (χ1v) is 7.56. The third-order valence-corrected chi connectivity index (χ3v) is 3.48. The normalized spacial score (nSPS) is 12.7. The van der Waals surface area contributed by atoms with Gasteiger partial charge >= 0.3 is 6.36 Å².